The van der Waals surface area contributed by atoms with Crippen molar-refractivity contribution in [3.63, 3.8) is 0 Å². The summed E-state index contributed by atoms with van der Waals surface area (Å²) in [4.78, 5) is 4.10. The molecule has 0 bridgehead atoms. The summed E-state index contributed by atoms with van der Waals surface area (Å²) in [5.41, 5.74) is 2.84. The van der Waals surface area contributed by atoms with Gasteiger partial charge in [-0.1, -0.05) is 6.07 Å². The van der Waals surface area contributed by atoms with Crippen molar-refractivity contribution in [3.8, 4) is 6.07 Å². The molecule has 86 valence electrons. The molecule has 1 aliphatic heterocycles. The van der Waals surface area contributed by atoms with Crippen molar-refractivity contribution in [2.45, 2.75) is 18.3 Å². The standard InChI is InChI=1S/C13H12N2O2/c14-5-1-4-13(7-16-8-13)10-2-3-11-12(6-10)17-9-15-11/h2-3,6,9H,1,4,7-8H2. The molecular weight excluding hydrogens is 216 g/mol. The van der Waals surface area contributed by atoms with Crippen molar-refractivity contribution < 1.29 is 9.15 Å². The maximum Gasteiger partial charge on any atom is 0.181 e. The molecule has 0 atom stereocenters. The molecule has 2 heterocycles. The summed E-state index contributed by atoms with van der Waals surface area (Å²) in [6.07, 6.45) is 2.84. The van der Waals surface area contributed by atoms with Gasteiger partial charge in [0.2, 0.25) is 0 Å². The van der Waals surface area contributed by atoms with Crippen LogP contribution in [0.4, 0.5) is 0 Å². The van der Waals surface area contributed by atoms with Crippen LogP contribution in [0.15, 0.2) is 29.0 Å². The lowest BCUT2D eigenvalue weighted by molar-refractivity contribution is -0.0636. The van der Waals surface area contributed by atoms with E-state index in [9.17, 15) is 0 Å². The number of rotatable bonds is 3. The first-order valence-electron chi connectivity index (χ1n) is 5.62. The van der Waals surface area contributed by atoms with Gasteiger partial charge in [0.1, 0.15) is 5.52 Å². The minimum Gasteiger partial charge on any atom is -0.443 e. The Morgan fingerprint density at radius 1 is 1.41 bits per heavy atom. The molecule has 17 heavy (non-hydrogen) atoms. The zero-order valence-electron chi connectivity index (χ0n) is 9.35. The normalized spacial score (nSPS) is 17.6. The summed E-state index contributed by atoms with van der Waals surface area (Å²) in [6, 6.07) is 8.24. The van der Waals surface area contributed by atoms with Crippen LogP contribution in [0.2, 0.25) is 0 Å². The first-order valence-corrected chi connectivity index (χ1v) is 5.62. The monoisotopic (exact) mass is 228 g/mol. The highest BCUT2D eigenvalue weighted by atomic mass is 16.5. The van der Waals surface area contributed by atoms with Gasteiger partial charge in [-0.25, -0.2) is 4.98 Å². The molecule has 1 aromatic heterocycles. The van der Waals surface area contributed by atoms with Crippen molar-refractivity contribution in [2.24, 2.45) is 0 Å². The second-order valence-electron chi connectivity index (χ2n) is 4.47. The molecule has 0 unspecified atom stereocenters. The van der Waals surface area contributed by atoms with Gasteiger partial charge in [-0.15, -0.1) is 0 Å². The van der Waals surface area contributed by atoms with Gasteiger partial charge in [0.25, 0.3) is 0 Å². The number of ether oxygens (including phenoxy) is 1. The maximum atomic E-state index is 8.72. The number of nitrogens with zero attached hydrogens (tertiary/aromatic N) is 2. The van der Waals surface area contributed by atoms with Crippen molar-refractivity contribution in [1.29, 1.82) is 5.26 Å². The third-order valence-electron chi connectivity index (χ3n) is 3.42. The zero-order valence-corrected chi connectivity index (χ0v) is 9.35. The lowest BCUT2D eigenvalue weighted by Crippen LogP contribution is -2.46. The summed E-state index contributed by atoms with van der Waals surface area (Å²) in [6.45, 7) is 1.38. The summed E-state index contributed by atoms with van der Waals surface area (Å²) in [7, 11) is 0. The molecule has 0 amide bonds. The number of oxazole rings is 1. The van der Waals surface area contributed by atoms with Crippen LogP contribution < -0.4 is 0 Å². The minimum atomic E-state index is -0.00326. The minimum absolute atomic E-state index is 0.00326. The van der Waals surface area contributed by atoms with Crippen LogP contribution in [-0.2, 0) is 10.2 Å². The Labute approximate surface area is 98.8 Å². The fourth-order valence-corrected chi connectivity index (χ4v) is 2.28. The molecule has 0 N–H and O–H groups in total. The van der Waals surface area contributed by atoms with Crippen LogP contribution in [-0.4, -0.2) is 18.2 Å². The van der Waals surface area contributed by atoms with Crippen molar-refractivity contribution in [1.82, 2.24) is 4.98 Å². The van der Waals surface area contributed by atoms with Crippen LogP contribution in [0.1, 0.15) is 18.4 Å². The van der Waals surface area contributed by atoms with Gasteiger partial charge in [-0.05, 0) is 24.1 Å². The molecule has 0 aliphatic carbocycles. The van der Waals surface area contributed by atoms with Crippen molar-refractivity contribution in [2.75, 3.05) is 13.2 Å². The maximum absolute atomic E-state index is 8.72. The molecule has 0 spiro atoms. The van der Waals surface area contributed by atoms with E-state index in [2.05, 4.69) is 17.1 Å². The first-order chi connectivity index (χ1) is 8.34. The SMILES string of the molecule is N#CCCC1(c2ccc3ncoc3c2)COC1. The van der Waals surface area contributed by atoms with Gasteiger partial charge < -0.3 is 9.15 Å². The predicted molar refractivity (Wildman–Crippen MR) is 61.4 cm³/mol. The molecule has 1 aliphatic rings. The van der Waals surface area contributed by atoms with E-state index >= 15 is 0 Å². The molecule has 1 saturated heterocycles. The molecular formula is C13H12N2O2. The van der Waals surface area contributed by atoms with E-state index in [-0.39, 0.29) is 5.41 Å². The van der Waals surface area contributed by atoms with E-state index in [1.165, 1.54) is 12.0 Å². The Balaban J connectivity index is 1.98. The zero-order chi connectivity index (χ0) is 11.7. The van der Waals surface area contributed by atoms with E-state index < -0.39 is 0 Å². The highest BCUT2D eigenvalue weighted by Gasteiger charge is 2.40. The van der Waals surface area contributed by atoms with Gasteiger partial charge in [-0.3, -0.25) is 0 Å². The molecule has 4 heteroatoms. The van der Waals surface area contributed by atoms with Gasteiger partial charge in [-0.2, -0.15) is 5.26 Å². The van der Waals surface area contributed by atoms with Gasteiger partial charge in [0, 0.05) is 11.8 Å². The Morgan fingerprint density at radius 3 is 3.00 bits per heavy atom. The topological polar surface area (TPSA) is 59.0 Å². The van der Waals surface area contributed by atoms with Crippen LogP contribution in [0, 0.1) is 11.3 Å². The van der Waals surface area contributed by atoms with E-state index in [1.807, 2.05) is 12.1 Å². The largest absolute Gasteiger partial charge is 0.443 e. The van der Waals surface area contributed by atoms with Gasteiger partial charge in [0.05, 0.1) is 19.3 Å². The van der Waals surface area contributed by atoms with E-state index in [1.54, 1.807) is 0 Å². The fourth-order valence-electron chi connectivity index (χ4n) is 2.28. The number of aromatic nitrogens is 1. The van der Waals surface area contributed by atoms with Crippen LogP contribution >= 0.6 is 0 Å². The molecule has 0 saturated carbocycles. The number of hydrogen-bond donors (Lipinski definition) is 0. The average Bonchev–Trinajstić information content (AvgIpc) is 2.75. The van der Waals surface area contributed by atoms with Crippen LogP contribution in [0.5, 0.6) is 0 Å². The second kappa shape index (κ2) is 3.86. The third kappa shape index (κ3) is 1.60. The summed E-state index contributed by atoms with van der Waals surface area (Å²) < 4.78 is 10.6. The van der Waals surface area contributed by atoms with Gasteiger partial charge in [0.15, 0.2) is 12.0 Å². The molecule has 4 nitrogen and oxygen atoms in total. The number of hydrogen-bond acceptors (Lipinski definition) is 4. The molecule has 0 radical (unpaired) electrons. The van der Waals surface area contributed by atoms with E-state index in [0.29, 0.717) is 19.6 Å². The highest BCUT2D eigenvalue weighted by molar-refractivity contribution is 5.73. The smallest absolute Gasteiger partial charge is 0.181 e. The summed E-state index contributed by atoms with van der Waals surface area (Å²) in [5, 5.41) is 8.72. The van der Waals surface area contributed by atoms with Crippen molar-refractivity contribution >= 4 is 11.1 Å². The van der Waals surface area contributed by atoms with Gasteiger partial charge >= 0.3 is 0 Å². The predicted octanol–water partition coefficient (Wildman–Crippen LogP) is 2.40. The first kappa shape index (κ1) is 10.3. The summed E-state index contributed by atoms with van der Waals surface area (Å²) >= 11 is 0. The highest BCUT2D eigenvalue weighted by Crippen LogP contribution is 2.37. The molecule has 1 fully saturated rings. The average molecular weight is 228 g/mol. The number of nitriles is 1. The Hall–Kier alpha value is -1.86. The lowest BCUT2D eigenvalue weighted by atomic mass is 9.75. The molecule has 1 aromatic carbocycles. The van der Waals surface area contributed by atoms with Crippen molar-refractivity contribution in [3.05, 3.63) is 30.2 Å². The Morgan fingerprint density at radius 2 is 2.29 bits per heavy atom. The second-order valence-corrected chi connectivity index (χ2v) is 4.47. The Bertz CT molecular complexity index is 578. The molecule has 3 rings (SSSR count). The quantitative estimate of drug-likeness (QED) is 0.809. The number of benzene rings is 1. The van der Waals surface area contributed by atoms with E-state index in [4.69, 9.17) is 14.4 Å². The summed E-state index contributed by atoms with van der Waals surface area (Å²) in [5.74, 6) is 0. The Kier molecular flexibility index (Phi) is 2.34. The van der Waals surface area contributed by atoms with Crippen LogP contribution in [0.25, 0.3) is 11.1 Å². The molecule has 2 aromatic rings. The lowest BCUT2D eigenvalue weighted by Gasteiger charge is -2.41. The van der Waals surface area contributed by atoms with E-state index in [0.717, 1.165) is 17.5 Å². The number of fused-ring (bicyclic) bond motifs is 1. The van der Waals surface area contributed by atoms with Crippen LogP contribution in [0.3, 0.4) is 0 Å². The fraction of sp³-hybridized carbons (Fsp3) is 0.385. The third-order valence-corrected chi connectivity index (χ3v) is 3.42.